The lowest BCUT2D eigenvalue weighted by molar-refractivity contribution is 0.0977. The lowest BCUT2D eigenvalue weighted by atomic mass is 10.1. The molecule has 2 N–H and O–H groups in total. The van der Waals surface area contributed by atoms with Gasteiger partial charge >= 0.3 is 0 Å². The smallest absolute Gasteiger partial charge is 0.258 e. The summed E-state index contributed by atoms with van der Waals surface area (Å²) in [7, 11) is 0. The van der Waals surface area contributed by atoms with Crippen LogP contribution in [0.25, 0.3) is 11.1 Å². The molecule has 3 aromatic rings. The van der Waals surface area contributed by atoms with E-state index < -0.39 is 11.7 Å². The first-order valence-corrected chi connectivity index (χ1v) is 10.00. The third-order valence-electron chi connectivity index (χ3n) is 4.28. The second kappa shape index (κ2) is 10.5. The largest absolute Gasteiger partial charge is 0.491 e. The zero-order chi connectivity index (χ0) is 21.3. The van der Waals surface area contributed by atoms with Crippen molar-refractivity contribution in [3.05, 3.63) is 66.6 Å². The summed E-state index contributed by atoms with van der Waals surface area (Å²) >= 11 is 5.17. The monoisotopic (exact) mass is 427 g/mol. The van der Waals surface area contributed by atoms with Crippen molar-refractivity contribution in [3.8, 4) is 16.9 Å². The second-order valence-corrected chi connectivity index (χ2v) is 6.99. The third-order valence-corrected chi connectivity index (χ3v) is 4.48. The number of hydrogen-bond acceptors (Lipinski definition) is 5. The number of halogens is 1. The van der Waals surface area contributed by atoms with Crippen molar-refractivity contribution in [2.75, 3.05) is 11.9 Å². The second-order valence-electron chi connectivity index (χ2n) is 6.58. The van der Waals surface area contributed by atoms with Crippen LogP contribution in [0.5, 0.6) is 5.75 Å². The summed E-state index contributed by atoms with van der Waals surface area (Å²) in [5.41, 5.74) is 2.29. The Morgan fingerprint density at radius 3 is 2.80 bits per heavy atom. The van der Waals surface area contributed by atoms with Crippen molar-refractivity contribution >= 4 is 28.9 Å². The van der Waals surface area contributed by atoms with Gasteiger partial charge in [0.25, 0.3) is 5.91 Å². The highest BCUT2D eigenvalue weighted by Crippen LogP contribution is 2.22. The topological polar surface area (TPSA) is 76.4 Å². The fourth-order valence-electron chi connectivity index (χ4n) is 2.72. The van der Waals surface area contributed by atoms with E-state index in [1.807, 2.05) is 0 Å². The molecule has 0 atom stereocenters. The molecule has 2 heterocycles. The number of aromatic nitrogens is 1. The standard InChI is InChI=1S/C22H22FN3O3S/c1-2-3-4-8-29-20-6-5-18(11-19(20)23)25-22(30)26-21(27)17-10-16(12-24-13-17)15-7-9-28-14-15/h5-7,9-14H,2-4,8H2,1H3,(H2,25,26,27,30). The molecule has 0 spiro atoms. The van der Waals surface area contributed by atoms with Crippen LogP contribution in [0.3, 0.4) is 0 Å². The number of pyridine rings is 1. The minimum Gasteiger partial charge on any atom is -0.491 e. The van der Waals surface area contributed by atoms with Gasteiger partial charge < -0.3 is 14.5 Å². The molecule has 0 radical (unpaired) electrons. The SMILES string of the molecule is CCCCCOc1ccc(NC(=S)NC(=O)c2cncc(-c3ccoc3)c2)cc1F. The van der Waals surface area contributed by atoms with Crippen LogP contribution in [-0.2, 0) is 0 Å². The molecular formula is C22H22FN3O3S. The van der Waals surface area contributed by atoms with Crippen LogP contribution >= 0.6 is 12.2 Å². The molecule has 2 aromatic heterocycles. The average Bonchev–Trinajstić information content (AvgIpc) is 3.27. The Morgan fingerprint density at radius 1 is 1.20 bits per heavy atom. The van der Waals surface area contributed by atoms with Crippen LogP contribution < -0.4 is 15.4 Å². The van der Waals surface area contributed by atoms with E-state index in [0.717, 1.165) is 30.4 Å². The first-order valence-electron chi connectivity index (χ1n) is 9.59. The lowest BCUT2D eigenvalue weighted by Crippen LogP contribution is -2.34. The lowest BCUT2D eigenvalue weighted by Gasteiger charge is -2.12. The van der Waals surface area contributed by atoms with Gasteiger partial charge in [0.2, 0.25) is 0 Å². The normalized spacial score (nSPS) is 10.5. The quantitative estimate of drug-likeness (QED) is 0.381. The molecule has 156 valence electrons. The highest BCUT2D eigenvalue weighted by atomic mass is 32.1. The fraction of sp³-hybridized carbons (Fsp3) is 0.227. The Morgan fingerprint density at radius 2 is 2.07 bits per heavy atom. The minimum absolute atomic E-state index is 0.0460. The van der Waals surface area contributed by atoms with Crippen molar-refractivity contribution in [2.45, 2.75) is 26.2 Å². The van der Waals surface area contributed by atoms with Crippen molar-refractivity contribution < 1.29 is 18.3 Å². The first kappa shape index (κ1) is 21.4. The third kappa shape index (κ3) is 5.87. The van der Waals surface area contributed by atoms with Gasteiger partial charge in [-0.2, -0.15) is 0 Å². The van der Waals surface area contributed by atoms with Crippen LogP contribution in [0.1, 0.15) is 36.5 Å². The van der Waals surface area contributed by atoms with Gasteiger partial charge in [0, 0.05) is 35.3 Å². The van der Waals surface area contributed by atoms with Crippen LogP contribution in [-0.4, -0.2) is 22.6 Å². The molecule has 3 rings (SSSR count). The Kier molecular flexibility index (Phi) is 7.51. The molecule has 0 aliphatic rings. The number of furan rings is 1. The molecular weight excluding hydrogens is 405 g/mol. The van der Waals surface area contributed by atoms with Gasteiger partial charge in [-0.3, -0.25) is 15.1 Å². The van der Waals surface area contributed by atoms with Crippen molar-refractivity contribution in [1.29, 1.82) is 0 Å². The Labute approximate surface area is 179 Å². The molecule has 0 aliphatic heterocycles. The van der Waals surface area contributed by atoms with Gasteiger partial charge in [-0.05, 0) is 42.9 Å². The highest BCUT2D eigenvalue weighted by molar-refractivity contribution is 7.80. The van der Waals surface area contributed by atoms with E-state index in [1.165, 1.54) is 18.3 Å². The maximum absolute atomic E-state index is 14.2. The zero-order valence-corrected chi connectivity index (χ0v) is 17.3. The van der Waals surface area contributed by atoms with Crippen LogP contribution in [0.15, 0.2) is 59.7 Å². The molecule has 30 heavy (non-hydrogen) atoms. The Hall–Kier alpha value is -3.26. The number of benzene rings is 1. The molecule has 1 amide bonds. The summed E-state index contributed by atoms with van der Waals surface area (Å²) in [4.78, 5) is 16.5. The summed E-state index contributed by atoms with van der Waals surface area (Å²) < 4.78 is 24.7. The molecule has 1 aromatic carbocycles. The number of anilines is 1. The highest BCUT2D eigenvalue weighted by Gasteiger charge is 2.12. The molecule has 8 heteroatoms. The van der Waals surface area contributed by atoms with E-state index >= 15 is 0 Å². The number of carbonyl (C=O) groups excluding carboxylic acids is 1. The van der Waals surface area contributed by atoms with E-state index in [1.54, 1.807) is 36.9 Å². The number of unbranched alkanes of at least 4 members (excludes halogenated alkanes) is 2. The Balaban J connectivity index is 1.57. The molecule has 6 nitrogen and oxygen atoms in total. The number of hydrogen-bond donors (Lipinski definition) is 2. The molecule has 0 fully saturated rings. The van der Waals surface area contributed by atoms with E-state index in [-0.39, 0.29) is 10.9 Å². The maximum atomic E-state index is 14.2. The molecule has 0 aliphatic carbocycles. The predicted molar refractivity (Wildman–Crippen MR) is 117 cm³/mol. The summed E-state index contributed by atoms with van der Waals surface area (Å²) in [6, 6.07) is 7.90. The number of rotatable bonds is 8. The number of carbonyl (C=O) groups is 1. The fourth-order valence-corrected chi connectivity index (χ4v) is 2.93. The summed E-state index contributed by atoms with van der Waals surface area (Å²) in [6.07, 6.45) is 9.16. The Bertz CT molecular complexity index is 1010. The van der Waals surface area contributed by atoms with Crippen molar-refractivity contribution in [1.82, 2.24) is 10.3 Å². The van der Waals surface area contributed by atoms with E-state index in [0.29, 0.717) is 17.9 Å². The van der Waals surface area contributed by atoms with E-state index in [9.17, 15) is 9.18 Å². The zero-order valence-electron chi connectivity index (χ0n) is 16.5. The van der Waals surface area contributed by atoms with Gasteiger partial charge in [-0.1, -0.05) is 19.8 Å². The van der Waals surface area contributed by atoms with Gasteiger partial charge in [0.15, 0.2) is 16.7 Å². The number of thiocarbonyl (C=S) groups is 1. The van der Waals surface area contributed by atoms with Crippen molar-refractivity contribution in [2.24, 2.45) is 0 Å². The number of ether oxygens (including phenoxy) is 1. The first-order chi connectivity index (χ1) is 14.6. The van der Waals surface area contributed by atoms with Gasteiger partial charge in [0.05, 0.1) is 24.7 Å². The molecule has 0 unspecified atom stereocenters. The van der Waals surface area contributed by atoms with Crippen LogP contribution in [0.2, 0.25) is 0 Å². The van der Waals surface area contributed by atoms with E-state index in [2.05, 4.69) is 22.5 Å². The predicted octanol–water partition coefficient (Wildman–Crippen LogP) is 5.18. The molecule has 0 saturated heterocycles. The molecule has 0 saturated carbocycles. The van der Waals surface area contributed by atoms with E-state index in [4.69, 9.17) is 21.4 Å². The van der Waals surface area contributed by atoms with Gasteiger partial charge in [-0.15, -0.1) is 0 Å². The summed E-state index contributed by atoms with van der Waals surface area (Å²) in [5, 5.41) is 5.41. The van der Waals surface area contributed by atoms with Crippen LogP contribution in [0.4, 0.5) is 10.1 Å². The summed E-state index contributed by atoms with van der Waals surface area (Å²) in [6.45, 7) is 2.56. The number of nitrogens with one attached hydrogen (secondary N) is 2. The molecule has 0 bridgehead atoms. The number of nitrogens with zero attached hydrogens (tertiary/aromatic N) is 1. The minimum atomic E-state index is -0.498. The maximum Gasteiger partial charge on any atom is 0.258 e. The van der Waals surface area contributed by atoms with Gasteiger partial charge in [0.1, 0.15) is 0 Å². The number of amides is 1. The van der Waals surface area contributed by atoms with Gasteiger partial charge in [-0.25, -0.2) is 4.39 Å². The average molecular weight is 428 g/mol. The summed E-state index contributed by atoms with van der Waals surface area (Å²) in [5.74, 6) is -0.738. The van der Waals surface area contributed by atoms with Crippen molar-refractivity contribution in [3.63, 3.8) is 0 Å². The van der Waals surface area contributed by atoms with Crippen LogP contribution in [0, 0.1) is 5.82 Å².